The van der Waals surface area contributed by atoms with E-state index in [-0.39, 0.29) is 5.41 Å². The van der Waals surface area contributed by atoms with E-state index < -0.39 is 6.10 Å². The third-order valence-electron chi connectivity index (χ3n) is 5.18. The molecule has 0 heterocycles. The average molecular weight is 275 g/mol. The van der Waals surface area contributed by atoms with Crippen LogP contribution in [-0.4, -0.2) is 11.7 Å². The minimum atomic E-state index is -0.426. The van der Waals surface area contributed by atoms with Crippen molar-refractivity contribution in [2.24, 2.45) is 11.1 Å². The van der Waals surface area contributed by atoms with Crippen LogP contribution < -0.4 is 5.73 Å². The van der Waals surface area contributed by atoms with Crippen molar-refractivity contribution in [1.82, 2.24) is 0 Å². The summed E-state index contributed by atoms with van der Waals surface area (Å²) in [6, 6.07) is 6.32. The number of rotatable bonds is 3. The largest absolute Gasteiger partial charge is 0.388 e. The van der Waals surface area contributed by atoms with Crippen molar-refractivity contribution in [3.8, 4) is 0 Å². The summed E-state index contributed by atoms with van der Waals surface area (Å²) in [4.78, 5) is 0. The smallest absolute Gasteiger partial charge is 0.0858 e. The number of benzene rings is 1. The second-order valence-corrected chi connectivity index (χ2v) is 6.58. The van der Waals surface area contributed by atoms with Crippen molar-refractivity contribution < 1.29 is 5.11 Å². The molecule has 1 aliphatic rings. The van der Waals surface area contributed by atoms with E-state index in [4.69, 9.17) is 5.73 Å². The van der Waals surface area contributed by atoms with Gasteiger partial charge in [0.25, 0.3) is 0 Å². The first-order chi connectivity index (χ1) is 9.59. The molecule has 0 aliphatic heterocycles. The van der Waals surface area contributed by atoms with Gasteiger partial charge >= 0.3 is 0 Å². The Labute approximate surface area is 123 Å². The highest BCUT2D eigenvalue weighted by atomic mass is 16.3. The second kappa shape index (κ2) is 6.73. The maximum Gasteiger partial charge on any atom is 0.0858 e. The molecule has 1 aromatic rings. The normalized spacial score (nSPS) is 21.0. The highest BCUT2D eigenvalue weighted by molar-refractivity contribution is 5.32. The van der Waals surface area contributed by atoms with Gasteiger partial charge in [0.2, 0.25) is 0 Å². The molecule has 2 rings (SSSR count). The van der Waals surface area contributed by atoms with Crippen LogP contribution in [0.25, 0.3) is 0 Å². The van der Waals surface area contributed by atoms with Gasteiger partial charge in [-0.15, -0.1) is 0 Å². The van der Waals surface area contributed by atoms with Gasteiger partial charge in [0.1, 0.15) is 0 Å². The monoisotopic (exact) mass is 275 g/mol. The van der Waals surface area contributed by atoms with Crippen LogP contribution in [0.1, 0.15) is 67.7 Å². The molecular formula is C18H29NO. The third-order valence-corrected chi connectivity index (χ3v) is 5.18. The molecule has 2 nitrogen and oxygen atoms in total. The number of aliphatic hydroxyl groups is 1. The zero-order chi connectivity index (χ0) is 14.6. The van der Waals surface area contributed by atoms with Crippen LogP contribution in [0.15, 0.2) is 18.2 Å². The van der Waals surface area contributed by atoms with Crippen molar-refractivity contribution in [3.63, 3.8) is 0 Å². The van der Waals surface area contributed by atoms with Gasteiger partial charge in [-0.1, -0.05) is 50.3 Å². The fourth-order valence-corrected chi connectivity index (χ4v) is 3.49. The molecule has 1 atom stereocenters. The van der Waals surface area contributed by atoms with Gasteiger partial charge in [0.05, 0.1) is 6.10 Å². The molecule has 112 valence electrons. The molecule has 2 heteroatoms. The van der Waals surface area contributed by atoms with E-state index in [1.807, 2.05) is 0 Å². The molecule has 1 saturated carbocycles. The van der Waals surface area contributed by atoms with Gasteiger partial charge in [-0.3, -0.25) is 0 Å². The minimum absolute atomic E-state index is 0.123. The Hall–Kier alpha value is -0.860. The SMILES string of the molecule is Cc1ccc(C(O)C2(CN)CCCCCCC2)cc1C. The molecule has 1 aromatic carbocycles. The van der Waals surface area contributed by atoms with E-state index >= 15 is 0 Å². The lowest BCUT2D eigenvalue weighted by atomic mass is 9.70. The predicted molar refractivity (Wildman–Crippen MR) is 84.7 cm³/mol. The Bertz CT molecular complexity index is 433. The van der Waals surface area contributed by atoms with E-state index in [1.165, 1.54) is 43.2 Å². The Morgan fingerprint density at radius 2 is 1.65 bits per heavy atom. The summed E-state index contributed by atoms with van der Waals surface area (Å²) in [5.41, 5.74) is 9.55. The van der Waals surface area contributed by atoms with Crippen LogP contribution in [0.5, 0.6) is 0 Å². The fraction of sp³-hybridized carbons (Fsp3) is 0.667. The molecule has 0 amide bonds. The van der Waals surface area contributed by atoms with Crippen LogP contribution in [-0.2, 0) is 0 Å². The summed E-state index contributed by atoms with van der Waals surface area (Å²) in [5.74, 6) is 0. The van der Waals surface area contributed by atoms with Crippen LogP contribution in [0.3, 0.4) is 0 Å². The standard InChI is InChI=1S/C18H29NO/c1-14-8-9-16(12-15(14)2)17(20)18(13-19)10-6-4-3-5-7-11-18/h8-9,12,17,20H,3-7,10-11,13,19H2,1-2H3. The lowest BCUT2D eigenvalue weighted by Gasteiger charge is -2.39. The summed E-state index contributed by atoms with van der Waals surface area (Å²) in [5, 5.41) is 10.9. The van der Waals surface area contributed by atoms with Gasteiger partial charge in [0.15, 0.2) is 0 Å². The van der Waals surface area contributed by atoms with Crippen LogP contribution in [0.4, 0.5) is 0 Å². The van der Waals surface area contributed by atoms with Gasteiger partial charge in [-0.25, -0.2) is 0 Å². The average Bonchev–Trinajstić information content (AvgIpc) is 2.42. The highest BCUT2D eigenvalue weighted by Gasteiger charge is 2.37. The lowest BCUT2D eigenvalue weighted by Crippen LogP contribution is -2.37. The number of hydrogen-bond acceptors (Lipinski definition) is 2. The number of aliphatic hydroxyl groups excluding tert-OH is 1. The van der Waals surface area contributed by atoms with Crippen LogP contribution in [0, 0.1) is 19.3 Å². The summed E-state index contributed by atoms with van der Waals surface area (Å²) < 4.78 is 0. The molecule has 0 bridgehead atoms. The first kappa shape index (κ1) is 15.5. The van der Waals surface area contributed by atoms with Gasteiger partial charge < -0.3 is 10.8 Å². The molecule has 0 aromatic heterocycles. The lowest BCUT2D eigenvalue weighted by molar-refractivity contribution is 0.00844. The Morgan fingerprint density at radius 3 is 2.20 bits per heavy atom. The summed E-state index contributed by atoms with van der Waals surface area (Å²) in [7, 11) is 0. The molecule has 3 N–H and O–H groups in total. The Kier molecular flexibility index (Phi) is 5.22. The maximum atomic E-state index is 10.9. The van der Waals surface area contributed by atoms with E-state index in [2.05, 4.69) is 32.0 Å². The van der Waals surface area contributed by atoms with Gasteiger partial charge in [0, 0.05) is 12.0 Å². The van der Waals surface area contributed by atoms with E-state index in [0.29, 0.717) is 6.54 Å². The number of nitrogens with two attached hydrogens (primary N) is 1. The molecule has 1 unspecified atom stereocenters. The first-order valence-electron chi connectivity index (χ1n) is 8.04. The summed E-state index contributed by atoms with van der Waals surface area (Å²) >= 11 is 0. The van der Waals surface area contributed by atoms with Crippen molar-refractivity contribution in [2.75, 3.05) is 6.54 Å². The van der Waals surface area contributed by atoms with E-state index in [1.54, 1.807) is 0 Å². The minimum Gasteiger partial charge on any atom is -0.388 e. The zero-order valence-electron chi connectivity index (χ0n) is 13.0. The van der Waals surface area contributed by atoms with Gasteiger partial charge in [-0.05, 0) is 43.4 Å². The second-order valence-electron chi connectivity index (χ2n) is 6.58. The highest BCUT2D eigenvalue weighted by Crippen LogP contribution is 2.43. The van der Waals surface area contributed by atoms with Gasteiger partial charge in [-0.2, -0.15) is 0 Å². The quantitative estimate of drug-likeness (QED) is 0.875. The zero-order valence-corrected chi connectivity index (χ0v) is 13.0. The molecule has 0 spiro atoms. The Morgan fingerprint density at radius 1 is 1.05 bits per heavy atom. The first-order valence-corrected chi connectivity index (χ1v) is 8.04. The Balaban J connectivity index is 2.25. The number of hydrogen-bond donors (Lipinski definition) is 2. The van der Waals surface area contributed by atoms with E-state index in [0.717, 1.165) is 18.4 Å². The predicted octanol–water partition coefficient (Wildman–Crippen LogP) is 4.03. The molecular weight excluding hydrogens is 246 g/mol. The number of aryl methyl sites for hydroxylation is 2. The van der Waals surface area contributed by atoms with Crippen LogP contribution in [0.2, 0.25) is 0 Å². The summed E-state index contributed by atoms with van der Waals surface area (Å²) in [6.45, 7) is 4.81. The topological polar surface area (TPSA) is 46.2 Å². The van der Waals surface area contributed by atoms with E-state index in [9.17, 15) is 5.11 Å². The summed E-state index contributed by atoms with van der Waals surface area (Å²) in [6.07, 6.45) is 7.96. The molecule has 0 saturated heterocycles. The molecule has 0 radical (unpaired) electrons. The molecule has 20 heavy (non-hydrogen) atoms. The molecule has 1 fully saturated rings. The van der Waals surface area contributed by atoms with Crippen molar-refractivity contribution in [3.05, 3.63) is 34.9 Å². The van der Waals surface area contributed by atoms with Crippen molar-refractivity contribution >= 4 is 0 Å². The van der Waals surface area contributed by atoms with Crippen LogP contribution >= 0.6 is 0 Å². The van der Waals surface area contributed by atoms with Crippen molar-refractivity contribution in [2.45, 2.75) is 64.9 Å². The van der Waals surface area contributed by atoms with Crippen molar-refractivity contribution in [1.29, 1.82) is 0 Å². The third kappa shape index (κ3) is 3.24. The maximum absolute atomic E-state index is 10.9. The fourth-order valence-electron chi connectivity index (χ4n) is 3.49. The molecule has 1 aliphatic carbocycles.